The molecule has 0 aliphatic heterocycles. The number of aromatic nitrogens is 12. The summed E-state index contributed by atoms with van der Waals surface area (Å²) in [6.45, 7) is 12.2. The maximum absolute atomic E-state index is 5.14. The Morgan fingerprint density at radius 1 is 0.319 bits per heavy atom. The van der Waals surface area contributed by atoms with E-state index in [1.807, 2.05) is 66.9 Å². The third-order valence-electron chi connectivity index (χ3n) is 12.5. The molecule has 12 nitrogen and oxygen atoms in total. The Hall–Kier alpha value is -8.00. The molecule has 6 heterocycles. The zero-order valence-electron chi connectivity index (χ0n) is 39.2. The van der Waals surface area contributed by atoms with Gasteiger partial charge in [0.2, 0.25) is 0 Å². The van der Waals surface area contributed by atoms with Crippen LogP contribution in [0.3, 0.4) is 0 Å². The third-order valence-corrected chi connectivity index (χ3v) is 12.5. The Morgan fingerprint density at radius 3 is 0.899 bits per heavy atom. The Kier molecular flexibility index (Phi) is 12.1. The second-order valence-electron chi connectivity index (χ2n) is 17.4. The maximum atomic E-state index is 5.14. The SMILES string of the molecule is Cc1cc(C)n([B-](n2nc(C)cc2C)n2nc(C)cc2C)n1.[Co+2].c1ccc2c(-c3ccn([B-](n4ccc(-c5cccc6ccccc56)n4)n4ccc(-c5cccc6ccccc56)n4)n3)cccc2c1. The van der Waals surface area contributed by atoms with Crippen LogP contribution in [0.1, 0.15) is 34.2 Å². The summed E-state index contributed by atoms with van der Waals surface area (Å²) in [5, 5.41) is 36.5. The molecular weight excluding hydrogens is 897 g/mol. The molecule has 339 valence electrons. The van der Waals surface area contributed by atoms with Gasteiger partial charge in [-0.05, 0) is 146 Å². The summed E-state index contributed by atoms with van der Waals surface area (Å²) in [6, 6.07) is 56.7. The van der Waals surface area contributed by atoms with Crippen molar-refractivity contribution in [1.82, 2.24) is 58.1 Å². The summed E-state index contributed by atoms with van der Waals surface area (Å²) >= 11 is 0. The number of benzene rings is 6. The van der Waals surface area contributed by atoms with Crippen molar-refractivity contribution in [3.05, 3.63) is 217 Å². The molecular formula is C54H48B2CoN12. The van der Waals surface area contributed by atoms with Gasteiger partial charge in [0.05, 0.1) is 34.2 Å². The molecule has 3 radical (unpaired) electrons. The van der Waals surface area contributed by atoms with Gasteiger partial charge < -0.3 is 27.6 Å². The number of hydrogen-bond acceptors (Lipinski definition) is 6. The smallest absolute Gasteiger partial charge is 0.424 e. The van der Waals surface area contributed by atoms with Crippen LogP contribution >= 0.6 is 0 Å². The average molecular weight is 946 g/mol. The quantitative estimate of drug-likeness (QED) is 0.133. The molecule has 0 bridgehead atoms. The van der Waals surface area contributed by atoms with Gasteiger partial charge in [0.1, 0.15) is 0 Å². The number of hydrogen-bond donors (Lipinski definition) is 0. The second kappa shape index (κ2) is 18.6. The molecule has 12 rings (SSSR count). The van der Waals surface area contributed by atoms with Gasteiger partial charge in [0.25, 0.3) is 14.2 Å². The van der Waals surface area contributed by atoms with Gasteiger partial charge in [-0.2, -0.15) is 0 Å². The predicted molar refractivity (Wildman–Crippen MR) is 275 cm³/mol. The van der Waals surface area contributed by atoms with Crippen LogP contribution in [0.4, 0.5) is 0 Å². The minimum atomic E-state index is -0.476. The fraction of sp³-hybridized carbons (Fsp3) is 0.111. The first-order valence-electron chi connectivity index (χ1n) is 22.8. The standard InChI is InChI=1S/C39H27BN6.C15H21BN6.Co/c1-4-16-31-28(10-1)13-7-19-34(31)37-22-25-44(41-37)40(45-26-23-38(42-45)35-20-8-14-29-11-2-5-17-32(29)35)46-27-24-39(43-46)36-21-9-15-30-12-3-6-18-33(30)36;1-10-7-13(4)20(17-10)16(21-14(5)8-11(2)18-21)22-15(6)9-12(3)19-22;/h1-27H;7-9H,1-6H3;/q2*-1;+2. The third kappa shape index (κ3) is 8.51. The first-order valence-corrected chi connectivity index (χ1v) is 22.8. The van der Waals surface area contributed by atoms with E-state index in [-0.39, 0.29) is 23.9 Å². The monoisotopic (exact) mass is 945 g/mol. The molecule has 0 N–H and O–H groups in total. The zero-order valence-corrected chi connectivity index (χ0v) is 40.2. The maximum Gasteiger partial charge on any atom is 2.00 e. The van der Waals surface area contributed by atoms with E-state index in [1.165, 1.54) is 32.3 Å². The first-order chi connectivity index (χ1) is 33.2. The summed E-state index contributed by atoms with van der Waals surface area (Å²) in [5.41, 5.74) is 12.2. The van der Waals surface area contributed by atoms with Crippen LogP contribution in [0, 0.1) is 41.5 Å². The largest absolute Gasteiger partial charge is 2.00 e. The van der Waals surface area contributed by atoms with Crippen molar-refractivity contribution in [2.45, 2.75) is 41.5 Å². The van der Waals surface area contributed by atoms with Crippen molar-refractivity contribution >= 4 is 46.6 Å². The molecule has 0 aliphatic rings. The summed E-state index contributed by atoms with van der Waals surface area (Å²) in [4.78, 5) is 0. The van der Waals surface area contributed by atoms with Gasteiger partial charge >= 0.3 is 16.8 Å². The van der Waals surface area contributed by atoms with Gasteiger partial charge in [0, 0.05) is 16.7 Å². The Morgan fingerprint density at radius 2 is 0.609 bits per heavy atom. The van der Waals surface area contributed by atoms with E-state index in [0.29, 0.717) is 0 Å². The van der Waals surface area contributed by atoms with Crippen LogP contribution in [-0.2, 0) is 16.8 Å². The number of aryl methyl sites for hydroxylation is 6. The number of nitrogens with zero attached hydrogens (tertiary/aromatic N) is 12. The second-order valence-corrected chi connectivity index (χ2v) is 17.4. The number of fused-ring (bicyclic) bond motifs is 3. The van der Waals surface area contributed by atoms with Crippen molar-refractivity contribution in [2.75, 3.05) is 0 Å². The first kappa shape index (κ1) is 44.8. The molecule has 0 aliphatic carbocycles. The van der Waals surface area contributed by atoms with Gasteiger partial charge in [-0.3, -0.25) is 0 Å². The van der Waals surface area contributed by atoms with E-state index in [1.54, 1.807) is 0 Å². The molecule has 69 heavy (non-hydrogen) atoms. The van der Waals surface area contributed by atoms with E-state index < -0.39 is 7.12 Å². The van der Waals surface area contributed by atoms with Crippen LogP contribution in [0.15, 0.2) is 182 Å². The van der Waals surface area contributed by atoms with E-state index in [2.05, 4.69) is 200 Å². The summed E-state index contributed by atoms with van der Waals surface area (Å²) in [5.74, 6) is 0. The topological polar surface area (TPSA) is 107 Å². The van der Waals surface area contributed by atoms with Crippen molar-refractivity contribution in [2.24, 2.45) is 0 Å². The number of rotatable bonds is 9. The summed E-state index contributed by atoms with van der Waals surface area (Å²) in [7, 11) is -0.702. The van der Waals surface area contributed by atoms with Crippen molar-refractivity contribution in [3.8, 4) is 33.8 Å². The van der Waals surface area contributed by atoms with Crippen LogP contribution in [0.2, 0.25) is 0 Å². The van der Waals surface area contributed by atoms with Gasteiger partial charge in [-0.25, -0.2) is 30.6 Å². The van der Waals surface area contributed by atoms with E-state index in [0.717, 1.165) is 67.9 Å². The molecule has 0 spiro atoms. The van der Waals surface area contributed by atoms with Crippen LogP contribution in [-0.4, -0.2) is 72.4 Å². The van der Waals surface area contributed by atoms with Crippen LogP contribution in [0.25, 0.3) is 66.1 Å². The minimum Gasteiger partial charge on any atom is -0.424 e. The molecule has 0 atom stereocenters. The van der Waals surface area contributed by atoms with Gasteiger partial charge in [-0.15, -0.1) is 0 Å². The van der Waals surface area contributed by atoms with E-state index in [4.69, 9.17) is 15.3 Å². The molecule has 12 aromatic rings. The molecule has 0 amide bonds. The van der Waals surface area contributed by atoms with Gasteiger partial charge in [0.15, 0.2) is 0 Å². The molecule has 0 saturated carbocycles. The van der Waals surface area contributed by atoms with Crippen molar-refractivity contribution in [3.63, 3.8) is 0 Å². The van der Waals surface area contributed by atoms with Crippen molar-refractivity contribution in [1.29, 1.82) is 0 Å². The van der Waals surface area contributed by atoms with Crippen LogP contribution < -0.4 is 0 Å². The molecule has 6 aromatic heterocycles. The molecule has 6 aromatic carbocycles. The van der Waals surface area contributed by atoms with Crippen LogP contribution in [0.5, 0.6) is 0 Å². The molecule has 0 unspecified atom stereocenters. The Balaban J connectivity index is 0.000000203. The normalized spacial score (nSPS) is 11.5. The van der Waals surface area contributed by atoms with E-state index >= 15 is 0 Å². The molecule has 0 fully saturated rings. The summed E-state index contributed by atoms with van der Waals surface area (Å²) in [6.07, 6.45) is 6.04. The molecule has 0 saturated heterocycles. The Labute approximate surface area is 411 Å². The zero-order chi connectivity index (χ0) is 46.5. The fourth-order valence-corrected chi connectivity index (χ4v) is 9.49. The molecule has 15 heteroatoms. The predicted octanol–water partition coefficient (Wildman–Crippen LogP) is 10.7. The fourth-order valence-electron chi connectivity index (χ4n) is 9.49. The van der Waals surface area contributed by atoms with Gasteiger partial charge in [-0.1, -0.05) is 127 Å². The summed E-state index contributed by atoms with van der Waals surface area (Å²) < 4.78 is 11.8. The minimum absolute atomic E-state index is 0. The van der Waals surface area contributed by atoms with E-state index in [9.17, 15) is 0 Å². The Bertz CT molecular complexity index is 3370. The average Bonchev–Trinajstić information content (AvgIpc) is 4.24. The van der Waals surface area contributed by atoms with Crippen molar-refractivity contribution < 1.29 is 16.8 Å².